The molecule has 2 aromatic heterocycles. The maximum atomic E-state index is 5.59. The molecule has 14 heavy (non-hydrogen) atoms. The van der Waals surface area contributed by atoms with Crippen molar-refractivity contribution in [2.45, 2.75) is 34.6 Å². The van der Waals surface area contributed by atoms with Gasteiger partial charge in [0.1, 0.15) is 11.3 Å². The molecule has 2 nitrogen and oxygen atoms in total. The summed E-state index contributed by atoms with van der Waals surface area (Å²) in [7, 11) is 0. The lowest BCUT2D eigenvalue weighted by atomic mass is 10.1. The number of rotatable bonds is 1. The van der Waals surface area contributed by atoms with E-state index in [1.54, 1.807) is 6.20 Å². The average Bonchev–Trinajstić information content (AvgIpc) is 2.46. The van der Waals surface area contributed by atoms with Gasteiger partial charge in [-0.15, -0.1) is 0 Å². The molecule has 0 radical (unpaired) electrons. The largest absolute Gasteiger partial charge is 0.461 e. The molecule has 0 spiro atoms. The van der Waals surface area contributed by atoms with Crippen LogP contribution in [0, 0.1) is 0 Å². The summed E-state index contributed by atoms with van der Waals surface area (Å²) >= 11 is 0. The van der Waals surface area contributed by atoms with E-state index in [9.17, 15) is 0 Å². The molecule has 0 atom stereocenters. The summed E-state index contributed by atoms with van der Waals surface area (Å²) in [5, 5.41) is 1.08. The van der Waals surface area contributed by atoms with E-state index >= 15 is 0 Å². The summed E-state index contributed by atoms with van der Waals surface area (Å²) in [6.07, 6.45) is 3.57. The highest BCUT2D eigenvalue weighted by molar-refractivity contribution is 5.76. The van der Waals surface area contributed by atoms with E-state index in [1.807, 2.05) is 18.3 Å². The molecule has 0 saturated carbocycles. The van der Waals surface area contributed by atoms with E-state index in [2.05, 4.69) is 18.8 Å². The van der Waals surface area contributed by atoms with Gasteiger partial charge in [0.05, 0.1) is 0 Å². The first-order valence-electron chi connectivity index (χ1n) is 4.11. The predicted molar refractivity (Wildman–Crippen MR) is 61.6 cm³/mol. The van der Waals surface area contributed by atoms with Gasteiger partial charge in [0.25, 0.3) is 0 Å². The van der Waals surface area contributed by atoms with Crippen molar-refractivity contribution >= 4 is 11.0 Å². The lowest BCUT2D eigenvalue weighted by Gasteiger charge is -1.95. The Morgan fingerprint density at radius 2 is 2.00 bits per heavy atom. The van der Waals surface area contributed by atoms with Gasteiger partial charge in [-0.25, -0.2) is 0 Å². The van der Waals surface area contributed by atoms with E-state index in [-0.39, 0.29) is 14.9 Å². The average molecular weight is 193 g/mol. The summed E-state index contributed by atoms with van der Waals surface area (Å²) in [6.45, 7) is 4.23. The number of pyridine rings is 1. The topological polar surface area (TPSA) is 26.0 Å². The lowest BCUT2D eigenvalue weighted by molar-refractivity contribution is 0.521. The summed E-state index contributed by atoms with van der Waals surface area (Å²) in [4.78, 5) is 4.03. The number of furan rings is 1. The van der Waals surface area contributed by atoms with Crippen molar-refractivity contribution in [3.8, 4) is 0 Å². The first-order chi connectivity index (χ1) is 5.77. The van der Waals surface area contributed by atoms with Crippen molar-refractivity contribution in [3.05, 3.63) is 30.3 Å². The molecule has 0 unspecified atom stereocenters. The number of hydrogen-bond acceptors (Lipinski definition) is 2. The third-order valence-electron chi connectivity index (χ3n) is 1.90. The van der Waals surface area contributed by atoms with Crippen LogP contribution in [0.15, 0.2) is 28.9 Å². The molecule has 0 aliphatic rings. The number of hydrogen-bond donors (Lipinski definition) is 0. The van der Waals surface area contributed by atoms with Gasteiger partial charge in [-0.05, 0) is 12.1 Å². The molecule has 2 heteroatoms. The standard InChI is InChI=1S/C10H11NO.2CH4/c1-7(2)10-5-8-6-11-4-3-9(8)12-10;;/h3-7H,1-2H3;2*1H4. The van der Waals surface area contributed by atoms with E-state index < -0.39 is 0 Å². The lowest BCUT2D eigenvalue weighted by Crippen LogP contribution is -1.79. The van der Waals surface area contributed by atoms with E-state index in [1.165, 1.54) is 0 Å². The molecule has 0 N–H and O–H groups in total. The highest BCUT2D eigenvalue weighted by Gasteiger charge is 2.05. The quantitative estimate of drug-likeness (QED) is 0.677. The fourth-order valence-electron chi connectivity index (χ4n) is 1.19. The predicted octanol–water partition coefficient (Wildman–Crippen LogP) is 4.22. The van der Waals surface area contributed by atoms with E-state index in [4.69, 9.17) is 4.42 Å². The second-order valence-corrected chi connectivity index (χ2v) is 3.22. The summed E-state index contributed by atoms with van der Waals surface area (Å²) in [5.74, 6) is 1.47. The molecular formula is C12H19NO. The molecule has 0 aromatic carbocycles. The van der Waals surface area contributed by atoms with Crippen LogP contribution in [0.4, 0.5) is 0 Å². The Kier molecular flexibility index (Phi) is 4.35. The van der Waals surface area contributed by atoms with Crippen molar-refractivity contribution in [1.82, 2.24) is 4.98 Å². The first-order valence-corrected chi connectivity index (χ1v) is 4.11. The normalized spacial score (nSPS) is 9.64. The third kappa shape index (κ3) is 2.13. The molecular weight excluding hydrogens is 174 g/mol. The fourth-order valence-corrected chi connectivity index (χ4v) is 1.19. The number of fused-ring (bicyclic) bond motifs is 1. The second kappa shape index (κ2) is 4.80. The molecule has 2 heterocycles. The van der Waals surface area contributed by atoms with Gasteiger partial charge in [-0.2, -0.15) is 0 Å². The maximum absolute atomic E-state index is 5.59. The van der Waals surface area contributed by atoms with Gasteiger partial charge in [-0.1, -0.05) is 28.7 Å². The van der Waals surface area contributed by atoms with Crippen molar-refractivity contribution in [1.29, 1.82) is 0 Å². The molecule has 2 rings (SSSR count). The number of aromatic nitrogens is 1. The zero-order valence-corrected chi connectivity index (χ0v) is 7.24. The van der Waals surface area contributed by atoms with Gasteiger partial charge in [0.2, 0.25) is 0 Å². The molecule has 0 fully saturated rings. The van der Waals surface area contributed by atoms with Crippen LogP contribution in [0.5, 0.6) is 0 Å². The molecule has 0 saturated heterocycles. The maximum Gasteiger partial charge on any atom is 0.137 e. The van der Waals surface area contributed by atoms with Crippen LogP contribution in [-0.2, 0) is 0 Å². The Balaban J connectivity index is 0.000000845. The van der Waals surface area contributed by atoms with Gasteiger partial charge in [0, 0.05) is 23.7 Å². The van der Waals surface area contributed by atoms with Crippen molar-refractivity contribution in [3.63, 3.8) is 0 Å². The number of nitrogens with zero attached hydrogens (tertiary/aromatic N) is 1. The van der Waals surface area contributed by atoms with Gasteiger partial charge < -0.3 is 4.42 Å². The van der Waals surface area contributed by atoms with Gasteiger partial charge >= 0.3 is 0 Å². The smallest absolute Gasteiger partial charge is 0.137 e. The second-order valence-electron chi connectivity index (χ2n) is 3.22. The van der Waals surface area contributed by atoms with E-state index in [0.29, 0.717) is 5.92 Å². The van der Waals surface area contributed by atoms with Crippen LogP contribution < -0.4 is 0 Å². The van der Waals surface area contributed by atoms with Crippen molar-refractivity contribution in [2.75, 3.05) is 0 Å². The summed E-state index contributed by atoms with van der Waals surface area (Å²) in [6, 6.07) is 3.94. The summed E-state index contributed by atoms with van der Waals surface area (Å²) in [5.41, 5.74) is 0.925. The van der Waals surface area contributed by atoms with Crippen LogP contribution in [0.1, 0.15) is 40.4 Å². The minimum atomic E-state index is 0. The van der Waals surface area contributed by atoms with Crippen LogP contribution in [0.25, 0.3) is 11.0 Å². The minimum Gasteiger partial charge on any atom is -0.461 e. The fraction of sp³-hybridized carbons (Fsp3) is 0.417. The minimum absolute atomic E-state index is 0. The van der Waals surface area contributed by atoms with Crippen molar-refractivity contribution < 1.29 is 4.42 Å². The molecule has 0 aliphatic heterocycles. The third-order valence-corrected chi connectivity index (χ3v) is 1.90. The highest BCUT2D eigenvalue weighted by atomic mass is 16.3. The van der Waals surface area contributed by atoms with Gasteiger partial charge in [-0.3, -0.25) is 4.98 Å². The van der Waals surface area contributed by atoms with E-state index in [0.717, 1.165) is 16.7 Å². The molecule has 78 valence electrons. The molecule has 0 amide bonds. The van der Waals surface area contributed by atoms with Crippen LogP contribution in [0.3, 0.4) is 0 Å². The zero-order chi connectivity index (χ0) is 8.55. The molecule has 0 bridgehead atoms. The van der Waals surface area contributed by atoms with Crippen LogP contribution >= 0.6 is 0 Å². The molecule has 0 aliphatic carbocycles. The summed E-state index contributed by atoms with van der Waals surface area (Å²) < 4.78 is 5.59. The highest BCUT2D eigenvalue weighted by Crippen LogP contribution is 2.23. The monoisotopic (exact) mass is 193 g/mol. The molecule has 2 aromatic rings. The van der Waals surface area contributed by atoms with Crippen molar-refractivity contribution in [2.24, 2.45) is 0 Å². The Morgan fingerprint density at radius 1 is 1.29 bits per heavy atom. The Morgan fingerprint density at radius 3 is 2.57 bits per heavy atom. The Labute approximate surface area is 86.0 Å². The van der Waals surface area contributed by atoms with Gasteiger partial charge in [0.15, 0.2) is 0 Å². The zero-order valence-electron chi connectivity index (χ0n) is 7.24. The Hall–Kier alpha value is -1.31. The van der Waals surface area contributed by atoms with Crippen LogP contribution in [0.2, 0.25) is 0 Å². The first kappa shape index (κ1) is 12.7. The SMILES string of the molecule is C.C.CC(C)c1cc2cnccc2o1. The Bertz CT molecular complexity index is 357. The van der Waals surface area contributed by atoms with Crippen LogP contribution in [-0.4, -0.2) is 4.98 Å².